The molecule has 1 fully saturated rings. The fourth-order valence-electron chi connectivity index (χ4n) is 2.61. The third kappa shape index (κ3) is 2.60. The second-order valence-corrected chi connectivity index (χ2v) is 6.36. The molecule has 0 radical (unpaired) electrons. The van der Waals surface area contributed by atoms with Gasteiger partial charge in [-0.25, -0.2) is 0 Å². The molecule has 0 aliphatic heterocycles. The lowest BCUT2D eigenvalue weighted by molar-refractivity contribution is 0.340. The Labute approximate surface area is 119 Å². The fourth-order valence-corrected chi connectivity index (χ4v) is 2.83. The fraction of sp³-hybridized carbons (Fsp3) is 0.438. The van der Waals surface area contributed by atoms with Gasteiger partial charge in [0.05, 0.1) is 5.52 Å². The van der Waals surface area contributed by atoms with Gasteiger partial charge < -0.3 is 5.32 Å². The number of rotatable bonds is 4. The van der Waals surface area contributed by atoms with Gasteiger partial charge in [0.25, 0.3) is 0 Å². The van der Waals surface area contributed by atoms with Crippen LogP contribution < -0.4 is 5.32 Å². The molecule has 1 aromatic heterocycles. The number of pyridine rings is 1. The summed E-state index contributed by atoms with van der Waals surface area (Å²) in [6.45, 7) is 5.42. The van der Waals surface area contributed by atoms with E-state index in [2.05, 4.69) is 30.2 Å². The molecule has 0 atom stereocenters. The summed E-state index contributed by atoms with van der Waals surface area (Å²) in [4.78, 5) is 4.48. The van der Waals surface area contributed by atoms with Gasteiger partial charge in [-0.1, -0.05) is 17.7 Å². The Morgan fingerprint density at radius 3 is 2.84 bits per heavy atom. The van der Waals surface area contributed by atoms with Crippen LogP contribution >= 0.6 is 11.6 Å². The van der Waals surface area contributed by atoms with Crippen molar-refractivity contribution in [1.82, 2.24) is 10.3 Å². The Morgan fingerprint density at radius 1 is 1.32 bits per heavy atom. The first-order valence-electron chi connectivity index (χ1n) is 6.85. The van der Waals surface area contributed by atoms with Crippen molar-refractivity contribution in [2.75, 3.05) is 0 Å². The van der Waals surface area contributed by atoms with Gasteiger partial charge >= 0.3 is 0 Å². The number of nitrogens with zero attached hydrogens (tertiary/aromatic N) is 1. The molecular formula is C16H19ClN2. The van der Waals surface area contributed by atoms with Crippen LogP contribution in [-0.4, -0.2) is 10.5 Å². The first-order chi connectivity index (χ1) is 9.08. The lowest BCUT2D eigenvalue weighted by atomic mass is 9.98. The Balaban J connectivity index is 1.87. The van der Waals surface area contributed by atoms with E-state index in [1.807, 2.05) is 24.4 Å². The number of halogens is 1. The van der Waals surface area contributed by atoms with Gasteiger partial charge in [0.15, 0.2) is 0 Å². The molecule has 3 rings (SSSR count). The highest BCUT2D eigenvalue weighted by atomic mass is 35.5. The number of hydrogen-bond acceptors (Lipinski definition) is 2. The van der Waals surface area contributed by atoms with Crippen LogP contribution in [0, 0.1) is 5.92 Å². The van der Waals surface area contributed by atoms with Crippen LogP contribution in [0.15, 0.2) is 30.5 Å². The molecular weight excluding hydrogens is 256 g/mol. The number of benzene rings is 1. The number of hydrogen-bond donors (Lipinski definition) is 1. The molecule has 0 amide bonds. The second kappa shape index (κ2) is 4.77. The Bertz CT molecular complexity index is 603. The summed E-state index contributed by atoms with van der Waals surface area (Å²) in [7, 11) is 0. The van der Waals surface area contributed by atoms with Gasteiger partial charge in [-0.2, -0.15) is 0 Å². The van der Waals surface area contributed by atoms with Crippen molar-refractivity contribution in [1.29, 1.82) is 0 Å². The smallest absolute Gasteiger partial charge is 0.0761 e. The summed E-state index contributed by atoms with van der Waals surface area (Å²) in [6, 6.07) is 8.00. The van der Waals surface area contributed by atoms with Crippen molar-refractivity contribution in [3.63, 3.8) is 0 Å². The minimum atomic E-state index is 0.209. The topological polar surface area (TPSA) is 24.9 Å². The molecule has 1 aromatic carbocycles. The molecule has 1 heterocycles. The summed E-state index contributed by atoms with van der Waals surface area (Å²) >= 11 is 6.22. The van der Waals surface area contributed by atoms with Crippen molar-refractivity contribution in [3.05, 3.63) is 41.0 Å². The highest BCUT2D eigenvalue weighted by molar-refractivity contribution is 6.35. The van der Waals surface area contributed by atoms with Crippen molar-refractivity contribution in [3.8, 4) is 0 Å². The van der Waals surface area contributed by atoms with Crippen LogP contribution in [0.2, 0.25) is 5.02 Å². The molecule has 0 saturated heterocycles. The minimum absolute atomic E-state index is 0.209. The molecule has 1 aliphatic carbocycles. The summed E-state index contributed by atoms with van der Waals surface area (Å²) in [5.74, 6) is 0.819. The maximum absolute atomic E-state index is 6.22. The lowest BCUT2D eigenvalue weighted by Gasteiger charge is -2.26. The molecule has 1 N–H and O–H groups in total. The monoisotopic (exact) mass is 274 g/mol. The van der Waals surface area contributed by atoms with Gasteiger partial charge in [0, 0.05) is 28.7 Å². The van der Waals surface area contributed by atoms with Gasteiger partial charge in [-0.05, 0) is 56.4 Å². The predicted molar refractivity (Wildman–Crippen MR) is 80.4 cm³/mol. The molecule has 1 saturated carbocycles. The van der Waals surface area contributed by atoms with Gasteiger partial charge in [-0.3, -0.25) is 4.98 Å². The zero-order chi connectivity index (χ0) is 13.5. The Kier molecular flexibility index (Phi) is 3.23. The standard InChI is InChI=1S/C16H19ClN2/c1-16(2,12-6-7-12)19-10-11-5-8-14(17)13-4-3-9-18-15(11)13/h3-5,8-9,12,19H,6-7,10H2,1-2H3. The number of aromatic nitrogens is 1. The minimum Gasteiger partial charge on any atom is -0.307 e. The second-order valence-electron chi connectivity index (χ2n) is 5.96. The predicted octanol–water partition coefficient (Wildman–Crippen LogP) is 4.17. The first kappa shape index (κ1) is 12.9. The summed E-state index contributed by atoms with van der Waals surface area (Å²) in [5, 5.41) is 5.47. The Hall–Kier alpha value is -1.12. The number of fused-ring (bicyclic) bond motifs is 1. The maximum atomic E-state index is 6.22. The summed E-state index contributed by atoms with van der Waals surface area (Å²) in [6.07, 6.45) is 4.52. The van der Waals surface area contributed by atoms with Crippen LogP contribution in [0.3, 0.4) is 0 Å². The molecule has 2 nitrogen and oxygen atoms in total. The average molecular weight is 275 g/mol. The summed E-state index contributed by atoms with van der Waals surface area (Å²) in [5.41, 5.74) is 2.43. The highest BCUT2D eigenvalue weighted by Gasteiger charge is 2.37. The molecule has 2 aromatic rings. The summed E-state index contributed by atoms with van der Waals surface area (Å²) < 4.78 is 0. The van der Waals surface area contributed by atoms with Crippen molar-refractivity contribution in [2.24, 2.45) is 5.92 Å². The third-order valence-corrected chi connectivity index (χ3v) is 4.46. The van der Waals surface area contributed by atoms with E-state index >= 15 is 0 Å². The van der Waals surface area contributed by atoms with Gasteiger partial charge in [0.2, 0.25) is 0 Å². The largest absolute Gasteiger partial charge is 0.307 e. The van der Waals surface area contributed by atoms with Crippen LogP contribution in [0.4, 0.5) is 0 Å². The van der Waals surface area contributed by atoms with Gasteiger partial charge in [-0.15, -0.1) is 0 Å². The molecule has 1 aliphatic rings. The van der Waals surface area contributed by atoms with E-state index in [1.54, 1.807) is 0 Å². The van der Waals surface area contributed by atoms with Crippen molar-refractivity contribution in [2.45, 2.75) is 38.8 Å². The zero-order valence-corrected chi connectivity index (χ0v) is 12.2. The van der Waals surface area contributed by atoms with E-state index in [0.717, 1.165) is 28.4 Å². The van der Waals surface area contributed by atoms with Gasteiger partial charge in [0.1, 0.15) is 0 Å². The zero-order valence-electron chi connectivity index (χ0n) is 11.4. The molecule has 19 heavy (non-hydrogen) atoms. The van der Waals surface area contributed by atoms with Crippen molar-refractivity contribution >= 4 is 22.5 Å². The van der Waals surface area contributed by atoms with E-state index in [1.165, 1.54) is 18.4 Å². The van der Waals surface area contributed by atoms with Crippen LogP contribution in [0.5, 0.6) is 0 Å². The molecule has 0 bridgehead atoms. The van der Waals surface area contributed by atoms with E-state index < -0.39 is 0 Å². The van der Waals surface area contributed by atoms with E-state index in [9.17, 15) is 0 Å². The SMILES string of the molecule is CC(C)(NCc1ccc(Cl)c2cccnc12)C1CC1. The van der Waals surface area contributed by atoms with E-state index in [-0.39, 0.29) is 5.54 Å². The third-order valence-electron chi connectivity index (χ3n) is 4.13. The van der Waals surface area contributed by atoms with Crippen LogP contribution in [0.1, 0.15) is 32.3 Å². The van der Waals surface area contributed by atoms with Crippen LogP contribution in [-0.2, 0) is 6.54 Å². The first-order valence-corrected chi connectivity index (χ1v) is 7.23. The van der Waals surface area contributed by atoms with E-state index in [4.69, 9.17) is 11.6 Å². The lowest BCUT2D eigenvalue weighted by Crippen LogP contribution is -2.40. The van der Waals surface area contributed by atoms with E-state index in [0.29, 0.717) is 0 Å². The molecule has 0 spiro atoms. The molecule has 100 valence electrons. The Morgan fingerprint density at radius 2 is 2.11 bits per heavy atom. The van der Waals surface area contributed by atoms with Crippen molar-refractivity contribution < 1.29 is 0 Å². The highest BCUT2D eigenvalue weighted by Crippen LogP contribution is 2.39. The molecule has 0 unspecified atom stereocenters. The normalized spacial score (nSPS) is 15.9. The van der Waals surface area contributed by atoms with Crippen LogP contribution in [0.25, 0.3) is 10.9 Å². The number of nitrogens with one attached hydrogen (secondary N) is 1. The quantitative estimate of drug-likeness (QED) is 0.905. The maximum Gasteiger partial charge on any atom is 0.0761 e. The average Bonchev–Trinajstić information content (AvgIpc) is 3.23. The molecule has 3 heteroatoms.